The van der Waals surface area contributed by atoms with Crippen molar-refractivity contribution in [2.75, 3.05) is 11.8 Å². The zero-order valence-electron chi connectivity index (χ0n) is 14.6. The van der Waals surface area contributed by atoms with Crippen molar-refractivity contribution in [2.45, 2.75) is 4.90 Å². The van der Waals surface area contributed by atoms with Crippen LogP contribution in [0.1, 0.15) is 0 Å². The van der Waals surface area contributed by atoms with Gasteiger partial charge < -0.3 is 9.15 Å². The average molecular weight is 398 g/mol. The SMILES string of the molecule is COc1cc2c(cc1NS(=O)(=O)c1cccc([N+](=O)[O-])c1)oc1ccccc12. The van der Waals surface area contributed by atoms with E-state index in [1.165, 1.54) is 31.4 Å². The smallest absolute Gasteiger partial charge is 0.270 e. The van der Waals surface area contributed by atoms with Gasteiger partial charge in [0.1, 0.15) is 16.9 Å². The van der Waals surface area contributed by atoms with Crippen molar-refractivity contribution in [3.63, 3.8) is 0 Å². The van der Waals surface area contributed by atoms with Crippen molar-refractivity contribution < 1.29 is 22.5 Å². The number of ether oxygens (including phenoxy) is 1. The number of sulfonamides is 1. The lowest BCUT2D eigenvalue weighted by Crippen LogP contribution is -2.13. The van der Waals surface area contributed by atoms with Gasteiger partial charge in [0.25, 0.3) is 15.7 Å². The first-order valence-electron chi connectivity index (χ1n) is 8.15. The molecule has 3 aromatic carbocycles. The van der Waals surface area contributed by atoms with Gasteiger partial charge in [0.2, 0.25) is 0 Å². The molecule has 0 fully saturated rings. The third-order valence-electron chi connectivity index (χ3n) is 4.28. The molecule has 1 N–H and O–H groups in total. The van der Waals surface area contributed by atoms with E-state index >= 15 is 0 Å². The highest BCUT2D eigenvalue weighted by atomic mass is 32.2. The van der Waals surface area contributed by atoms with Crippen LogP contribution in [0.4, 0.5) is 11.4 Å². The first-order valence-corrected chi connectivity index (χ1v) is 9.64. The van der Waals surface area contributed by atoms with Gasteiger partial charge in [-0.25, -0.2) is 8.42 Å². The molecule has 0 aliphatic carbocycles. The Morgan fingerprint density at radius 2 is 1.79 bits per heavy atom. The van der Waals surface area contributed by atoms with E-state index in [2.05, 4.69) is 4.72 Å². The van der Waals surface area contributed by atoms with Gasteiger partial charge in [-0.05, 0) is 18.2 Å². The Labute approximate surface area is 159 Å². The van der Waals surface area contributed by atoms with E-state index in [4.69, 9.17) is 9.15 Å². The molecule has 0 spiro atoms. The number of para-hydroxylation sites is 1. The standard InChI is InChI=1S/C19H14N2O6S/c1-26-19-10-15-14-7-2-3-8-17(14)27-18(15)11-16(19)20-28(24,25)13-6-4-5-12(9-13)21(22)23/h2-11,20H,1H3. The molecule has 1 heterocycles. The highest BCUT2D eigenvalue weighted by Gasteiger charge is 2.21. The molecular formula is C19H14N2O6S. The number of hydrogen-bond donors (Lipinski definition) is 1. The van der Waals surface area contributed by atoms with Crippen LogP contribution in [-0.4, -0.2) is 20.5 Å². The lowest BCUT2D eigenvalue weighted by Gasteiger charge is -2.12. The molecule has 0 unspecified atom stereocenters. The summed E-state index contributed by atoms with van der Waals surface area (Å²) in [5, 5.41) is 12.6. The minimum absolute atomic E-state index is 0.167. The van der Waals surface area contributed by atoms with Crippen LogP contribution in [0, 0.1) is 10.1 Å². The summed E-state index contributed by atoms with van der Waals surface area (Å²) in [5.74, 6) is 0.299. The van der Waals surface area contributed by atoms with E-state index < -0.39 is 14.9 Å². The number of methoxy groups -OCH3 is 1. The normalized spacial score (nSPS) is 11.6. The summed E-state index contributed by atoms with van der Waals surface area (Å²) < 4.78 is 39.0. The van der Waals surface area contributed by atoms with E-state index in [-0.39, 0.29) is 16.3 Å². The fourth-order valence-electron chi connectivity index (χ4n) is 2.97. The van der Waals surface area contributed by atoms with Crippen LogP contribution in [0.25, 0.3) is 21.9 Å². The molecule has 0 radical (unpaired) electrons. The lowest BCUT2D eigenvalue weighted by molar-refractivity contribution is -0.385. The quantitative estimate of drug-likeness (QED) is 0.396. The van der Waals surface area contributed by atoms with Crippen LogP contribution < -0.4 is 9.46 Å². The second kappa shape index (κ2) is 6.54. The average Bonchev–Trinajstić information content (AvgIpc) is 3.04. The van der Waals surface area contributed by atoms with Crippen molar-refractivity contribution in [1.82, 2.24) is 0 Å². The molecule has 0 bridgehead atoms. The second-order valence-corrected chi connectivity index (χ2v) is 7.69. The minimum Gasteiger partial charge on any atom is -0.495 e. The number of nitro benzene ring substituents is 1. The predicted octanol–water partition coefficient (Wildman–Crippen LogP) is 4.30. The molecule has 9 heteroatoms. The van der Waals surface area contributed by atoms with Crippen molar-refractivity contribution in [3.05, 3.63) is 70.8 Å². The van der Waals surface area contributed by atoms with Crippen LogP contribution in [0.15, 0.2) is 70.0 Å². The predicted molar refractivity (Wildman–Crippen MR) is 104 cm³/mol. The molecule has 4 rings (SSSR count). The van der Waals surface area contributed by atoms with Gasteiger partial charge in [-0.2, -0.15) is 0 Å². The number of hydrogen-bond acceptors (Lipinski definition) is 6. The Balaban J connectivity index is 1.81. The highest BCUT2D eigenvalue weighted by Crippen LogP contribution is 2.37. The number of nitrogens with zero attached hydrogens (tertiary/aromatic N) is 1. The Morgan fingerprint density at radius 1 is 1.00 bits per heavy atom. The van der Waals surface area contributed by atoms with E-state index in [9.17, 15) is 18.5 Å². The monoisotopic (exact) mass is 398 g/mol. The van der Waals surface area contributed by atoms with Crippen LogP contribution >= 0.6 is 0 Å². The Bertz CT molecular complexity index is 1330. The molecule has 0 saturated heterocycles. The summed E-state index contributed by atoms with van der Waals surface area (Å²) in [5.41, 5.74) is 1.00. The van der Waals surface area contributed by atoms with Crippen LogP contribution in [0.2, 0.25) is 0 Å². The van der Waals surface area contributed by atoms with E-state index in [1.54, 1.807) is 6.07 Å². The number of rotatable bonds is 5. The number of non-ortho nitro benzene ring substituents is 1. The van der Waals surface area contributed by atoms with Gasteiger partial charge in [-0.1, -0.05) is 24.3 Å². The fourth-order valence-corrected chi connectivity index (χ4v) is 4.07. The first-order chi connectivity index (χ1) is 13.4. The summed E-state index contributed by atoms with van der Waals surface area (Å²) in [6, 6.07) is 15.5. The molecule has 1 aromatic heterocycles. The molecule has 0 aliphatic heterocycles. The zero-order chi connectivity index (χ0) is 19.9. The fraction of sp³-hybridized carbons (Fsp3) is 0.0526. The molecule has 28 heavy (non-hydrogen) atoms. The summed E-state index contributed by atoms with van der Waals surface area (Å²) in [7, 11) is -2.65. The zero-order valence-corrected chi connectivity index (χ0v) is 15.4. The van der Waals surface area contributed by atoms with Gasteiger partial charge in [0.15, 0.2) is 0 Å². The molecule has 0 saturated carbocycles. The highest BCUT2D eigenvalue weighted by molar-refractivity contribution is 7.92. The van der Waals surface area contributed by atoms with Crippen molar-refractivity contribution in [3.8, 4) is 5.75 Å². The molecule has 142 valence electrons. The first kappa shape index (κ1) is 17.8. The van der Waals surface area contributed by atoms with Gasteiger partial charge in [-0.15, -0.1) is 0 Å². The maximum absolute atomic E-state index is 12.7. The Morgan fingerprint density at radius 3 is 2.54 bits per heavy atom. The van der Waals surface area contributed by atoms with Crippen LogP contribution in [0.5, 0.6) is 5.75 Å². The molecule has 0 atom stereocenters. The largest absolute Gasteiger partial charge is 0.495 e. The molecular weight excluding hydrogens is 384 g/mol. The van der Waals surface area contributed by atoms with E-state index in [1.807, 2.05) is 24.3 Å². The third-order valence-corrected chi connectivity index (χ3v) is 5.65. The Kier molecular flexibility index (Phi) is 4.16. The Hall–Kier alpha value is -3.59. The van der Waals surface area contributed by atoms with Gasteiger partial charge in [0, 0.05) is 29.0 Å². The summed E-state index contributed by atoms with van der Waals surface area (Å²) in [6.07, 6.45) is 0. The lowest BCUT2D eigenvalue weighted by atomic mass is 10.1. The maximum Gasteiger partial charge on any atom is 0.270 e. The van der Waals surface area contributed by atoms with Crippen molar-refractivity contribution in [1.29, 1.82) is 0 Å². The van der Waals surface area contributed by atoms with E-state index in [0.717, 1.165) is 16.8 Å². The number of fused-ring (bicyclic) bond motifs is 3. The number of benzene rings is 3. The van der Waals surface area contributed by atoms with Gasteiger partial charge in [0.05, 0.1) is 22.6 Å². The minimum atomic E-state index is -4.08. The number of furan rings is 1. The van der Waals surface area contributed by atoms with Crippen LogP contribution in [-0.2, 0) is 10.0 Å². The molecule has 4 aromatic rings. The summed E-state index contributed by atoms with van der Waals surface area (Å²) >= 11 is 0. The summed E-state index contributed by atoms with van der Waals surface area (Å²) in [4.78, 5) is 10.0. The topological polar surface area (TPSA) is 112 Å². The second-order valence-electron chi connectivity index (χ2n) is 6.01. The molecule has 0 aliphatic rings. The van der Waals surface area contributed by atoms with Crippen molar-refractivity contribution in [2.24, 2.45) is 0 Å². The van der Waals surface area contributed by atoms with Gasteiger partial charge in [-0.3, -0.25) is 14.8 Å². The number of nitro groups is 1. The van der Waals surface area contributed by atoms with Crippen LogP contribution in [0.3, 0.4) is 0 Å². The number of anilines is 1. The summed E-state index contributed by atoms with van der Waals surface area (Å²) in [6.45, 7) is 0. The van der Waals surface area contributed by atoms with E-state index in [0.29, 0.717) is 16.9 Å². The van der Waals surface area contributed by atoms with Crippen molar-refractivity contribution >= 4 is 43.3 Å². The molecule has 0 amide bonds. The third kappa shape index (κ3) is 3.01. The van der Waals surface area contributed by atoms with Gasteiger partial charge >= 0.3 is 0 Å². The maximum atomic E-state index is 12.7. The number of nitrogens with one attached hydrogen (secondary N) is 1. The molecule has 8 nitrogen and oxygen atoms in total.